The number of nitrogens with one attached hydrogen (secondary N) is 2. The molecule has 0 fully saturated rings. The smallest absolute Gasteiger partial charge is 0.265 e. The van der Waals surface area contributed by atoms with E-state index in [1.807, 2.05) is 0 Å². The molecule has 0 radical (unpaired) electrons. The van der Waals surface area contributed by atoms with E-state index in [1.54, 1.807) is 0 Å². The number of benzene rings is 1. The van der Waals surface area contributed by atoms with Crippen LogP contribution in [0.4, 0.5) is 15.8 Å². The zero-order chi connectivity index (χ0) is 13.9. The Balaban J connectivity index is 2.38. The number of anilines is 2. The van der Waals surface area contributed by atoms with Gasteiger partial charge in [-0.25, -0.2) is 12.8 Å². The molecule has 0 saturated carbocycles. The van der Waals surface area contributed by atoms with E-state index in [-0.39, 0.29) is 16.3 Å². The number of rotatable bonds is 4. The maximum atomic E-state index is 13.0. The lowest BCUT2D eigenvalue weighted by Crippen LogP contribution is -2.17. The fraction of sp³-hybridized carbons (Fsp3) is 0. The van der Waals surface area contributed by atoms with Crippen molar-refractivity contribution in [3.05, 3.63) is 48.5 Å². The summed E-state index contributed by atoms with van der Waals surface area (Å²) < 4.78 is 39.5. The Morgan fingerprint density at radius 2 is 2.05 bits per heavy atom. The quantitative estimate of drug-likeness (QED) is 0.580. The van der Waals surface area contributed by atoms with E-state index in [2.05, 4.69) is 15.1 Å². The average Bonchev–Trinajstić information content (AvgIpc) is 2.38. The third-order valence-corrected chi connectivity index (χ3v) is 3.72. The highest BCUT2D eigenvalue weighted by molar-refractivity contribution is 7.92. The maximum absolute atomic E-state index is 13.0. The molecule has 1 aromatic heterocycles. The number of pyridine rings is 1. The molecule has 4 N–H and O–H groups in total. The van der Waals surface area contributed by atoms with Crippen LogP contribution in [0.1, 0.15) is 0 Å². The molecule has 2 aromatic rings. The Morgan fingerprint density at radius 3 is 2.74 bits per heavy atom. The Kier molecular flexibility index (Phi) is 3.63. The van der Waals surface area contributed by atoms with Gasteiger partial charge in [0.25, 0.3) is 10.0 Å². The lowest BCUT2D eigenvalue weighted by molar-refractivity contribution is 0.601. The van der Waals surface area contributed by atoms with Crippen LogP contribution in [0.15, 0.2) is 47.6 Å². The zero-order valence-corrected chi connectivity index (χ0v) is 10.5. The molecule has 0 atom stereocenters. The third kappa shape index (κ3) is 2.98. The van der Waals surface area contributed by atoms with E-state index >= 15 is 0 Å². The van der Waals surface area contributed by atoms with Crippen molar-refractivity contribution in [2.75, 3.05) is 10.1 Å². The number of nitrogens with two attached hydrogens (primary N) is 1. The summed E-state index contributed by atoms with van der Waals surface area (Å²) in [7, 11) is -3.89. The number of nitrogen functional groups attached to an aromatic ring is 1. The van der Waals surface area contributed by atoms with Gasteiger partial charge in [0.2, 0.25) is 0 Å². The first-order valence-corrected chi connectivity index (χ1v) is 6.70. The fourth-order valence-corrected chi connectivity index (χ4v) is 2.64. The summed E-state index contributed by atoms with van der Waals surface area (Å²) in [5.41, 5.74) is 2.58. The van der Waals surface area contributed by atoms with Crippen LogP contribution < -0.4 is 16.0 Å². The summed E-state index contributed by atoms with van der Waals surface area (Å²) in [5.74, 6) is 4.70. The van der Waals surface area contributed by atoms with E-state index in [1.165, 1.54) is 30.5 Å². The predicted octanol–water partition coefficient (Wildman–Crippen LogP) is 1.31. The first-order valence-electron chi connectivity index (χ1n) is 5.22. The van der Waals surface area contributed by atoms with Gasteiger partial charge in [0.1, 0.15) is 10.7 Å². The van der Waals surface area contributed by atoms with Crippen molar-refractivity contribution >= 4 is 21.4 Å². The van der Waals surface area contributed by atoms with Crippen LogP contribution >= 0.6 is 0 Å². The second kappa shape index (κ2) is 5.21. The van der Waals surface area contributed by atoms with E-state index in [4.69, 9.17) is 5.84 Å². The minimum absolute atomic E-state index is 0.117. The molecule has 0 aliphatic carbocycles. The topological polar surface area (TPSA) is 97.1 Å². The molecule has 0 bridgehead atoms. The normalized spacial score (nSPS) is 11.1. The van der Waals surface area contributed by atoms with Crippen LogP contribution in [0.2, 0.25) is 0 Å². The van der Waals surface area contributed by atoms with Crippen molar-refractivity contribution in [1.82, 2.24) is 4.98 Å². The molecule has 1 heterocycles. The summed E-state index contributed by atoms with van der Waals surface area (Å²) in [5, 5.41) is 0. The Bertz CT molecular complexity index is 691. The number of hydrogen-bond donors (Lipinski definition) is 3. The van der Waals surface area contributed by atoms with Crippen molar-refractivity contribution in [2.24, 2.45) is 5.84 Å². The van der Waals surface area contributed by atoms with Crippen LogP contribution in [0.3, 0.4) is 0 Å². The van der Waals surface area contributed by atoms with E-state index in [0.29, 0.717) is 0 Å². The molecule has 0 saturated heterocycles. The Labute approximate surface area is 109 Å². The van der Waals surface area contributed by atoms with Crippen molar-refractivity contribution in [2.45, 2.75) is 4.90 Å². The average molecular weight is 282 g/mol. The van der Waals surface area contributed by atoms with E-state index in [9.17, 15) is 12.8 Å². The van der Waals surface area contributed by atoms with Crippen LogP contribution in [-0.4, -0.2) is 13.4 Å². The second-order valence-corrected chi connectivity index (χ2v) is 5.28. The first-order chi connectivity index (χ1) is 9.03. The molecule has 0 spiro atoms. The Hall–Kier alpha value is -2.19. The third-order valence-electron chi connectivity index (χ3n) is 2.31. The van der Waals surface area contributed by atoms with Crippen LogP contribution in [0.25, 0.3) is 0 Å². The molecule has 0 unspecified atom stereocenters. The van der Waals surface area contributed by atoms with Crippen molar-refractivity contribution in [3.63, 3.8) is 0 Å². The first kappa shape index (κ1) is 13.2. The number of aromatic nitrogens is 1. The summed E-state index contributed by atoms with van der Waals surface area (Å²) in [6.07, 6.45) is 2.55. The highest BCUT2D eigenvalue weighted by Crippen LogP contribution is 2.22. The van der Waals surface area contributed by atoms with Gasteiger partial charge in [-0.3, -0.25) is 15.5 Å². The SMILES string of the molecule is NNc1ccncc1S(=O)(=O)Nc1cccc(F)c1. The van der Waals surface area contributed by atoms with E-state index in [0.717, 1.165) is 12.3 Å². The van der Waals surface area contributed by atoms with Gasteiger partial charge in [0.15, 0.2) is 0 Å². The summed E-state index contributed by atoms with van der Waals surface area (Å²) in [6.45, 7) is 0. The molecule has 1 aromatic carbocycles. The molecule has 8 heteroatoms. The maximum Gasteiger partial charge on any atom is 0.265 e. The van der Waals surface area contributed by atoms with Gasteiger partial charge < -0.3 is 5.43 Å². The lowest BCUT2D eigenvalue weighted by Gasteiger charge is -2.11. The van der Waals surface area contributed by atoms with Crippen LogP contribution in [0.5, 0.6) is 0 Å². The molecular formula is C11H11FN4O2S. The monoisotopic (exact) mass is 282 g/mol. The zero-order valence-electron chi connectivity index (χ0n) is 9.67. The largest absolute Gasteiger partial charge is 0.323 e. The predicted molar refractivity (Wildman–Crippen MR) is 69.3 cm³/mol. The van der Waals surface area contributed by atoms with E-state index < -0.39 is 15.8 Å². The lowest BCUT2D eigenvalue weighted by atomic mass is 10.3. The summed E-state index contributed by atoms with van der Waals surface area (Å²) >= 11 is 0. The van der Waals surface area contributed by atoms with Gasteiger partial charge in [-0.15, -0.1) is 0 Å². The minimum Gasteiger partial charge on any atom is -0.323 e. The van der Waals surface area contributed by atoms with Gasteiger partial charge in [0, 0.05) is 12.4 Å². The standard InChI is InChI=1S/C11H11FN4O2S/c12-8-2-1-3-9(6-8)16-19(17,18)11-7-14-5-4-10(11)15-13/h1-7,16H,13H2,(H,14,15). The molecule has 6 nitrogen and oxygen atoms in total. The molecule has 100 valence electrons. The van der Waals surface area contributed by atoms with Crippen molar-refractivity contribution < 1.29 is 12.8 Å². The molecule has 0 amide bonds. The summed E-state index contributed by atoms with van der Waals surface area (Å²) in [4.78, 5) is 3.61. The molecular weight excluding hydrogens is 271 g/mol. The molecule has 0 aliphatic heterocycles. The second-order valence-electron chi connectivity index (χ2n) is 3.63. The number of halogens is 1. The highest BCUT2D eigenvalue weighted by atomic mass is 32.2. The number of sulfonamides is 1. The van der Waals surface area contributed by atoms with Gasteiger partial charge in [0.05, 0.1) is 11.4 Å². The summed E-state index contributed by atoms with van der Waals surface area (Å²) in [6, 6.07) is 6.55. The van der Waals surface area contributed by atoms with Crippen molar-refractivity contribution in [1.29, 1.82) is 0 Å². The van der Waals surface area contributed by atoms with Gasteiger partial charge in [-0.2, -0.15) is 0 Å². The van der Waals surface area contributed by atoms with Crippen LogP contribution in [-0.2, 0) is 10.0 Å². The number of nitrogens with zero attached hydrogens (tertiary/aromatic N) is 1. The van der Waals surface area contributed by atoms with Gasteiger partial charge >= 0.3 is 0 Å². The van der Waals surface area contributed by atoms with Crippen LogP contribution in [0, 0.1) is 5.82 Å². The van der Waals surface area contributed by atoms with Gasteiger partial charge in [-0.05, 0) is 24.3 Å². The Morgan fingerprint density at radius 1 is 1.26 bits per heavy atom. The fourth-order valence-electron chi connectivity index (χ4n) is 1.48. The highest BCUT2D eigenvalue weighted by Gasteiger charge is 2.18. The minimum atomic E-state index is -3.89. The molecule has 19 heavy (non-hydrogen) atoms. The molecule has 0 aliphatic rings. The van der Waals surface area contributed by atoms with Crippen molar-refractivity contribution in [3.8, 4) is 0 Å². The van der Waals surface area contributed by atoms with Gasteiger partial charge in [-0.1, -0.05) is 6.07 Å². The molecule has 2 rings (SSSR count). The number of hydrazine groups is 1. The number of hydrogen-bond acceptors (Lipinski definition) is 5.